The zero-order valence-corrected chi connectivity index (χ0v) is 12.0. The van der Waals surface area contributed by atoms with E-state index in [4.69, 9.17) is 4.74 Å². The second-order valence-corrected chi connectivity index (χ2v) is 4.64. The third-order valence-corrected chi connectivity index (χ3v) is 2.94. The molecule has 0 radical (unpaired) electrons. The Morgan fingerprint density at radius 3 is 2.60 bits per heavy atom. The number of aryl methyl sites for hydroxylation is 1. The molecular formula is C15H19N3O2. The number of carbonyl (C=O) groups is 1. The van der Waals surface area contributed by atoms with Crippen molar-refractivity contribution in [1.29, 1.82) is 0 Å². The molecule has 2 rings (SSSR count). The summed E-state index contributed by atoms with van der Waals surface area (Å²) in [6.45, 7) is 3.09. The Hall–Kier alpha value is -2.30. The molecule has 106 valence electrons. The van der Waals surface area contributed by atoms with Crippen LogP contribution in [-0.2, 0) is 13.6 Å². The van der Waals surface area contributed by atoms with Crippen molar-refractivity contribution in [2.24, 2.45) is 7.05 Å². The predicted octanol–water partition coefficient (Wildman–Crippen LogP) is 2.09. The van der Waals surface area contributed by atoms with Crippen LogP contribution in [0.5, 0.6) is 5.75 Å². The van der Waals surface area contributed by atoms with Crippen molar-refractivity contribution in [1.82, 2.24) is 14.7 Å². The van der Waals surface area contributed by atoms with Gasteiger partial charge in [-0.25, -0.2) is 0 Å². The lowest BCUT2D eigenvalue weighted by molar-refractivity contribution is 0.0785. The molecule has 0 atom stereocenters. The van der Waals surface area contributed by atoms with Gasteiger partial charge in [-0.2, -0.15) is 5.10 Å². The fourth-order valence-corrected chi connectivity index (χ4v) is 1.98. The van der Waals surface area contributed by atoms with Crippen LogP contribution in [0.1, 0.15) is 22.8 Å². The molecule has 1 heterocycles. The quantitative estimate of drug-likeness (QED) is 0.838. The van der Waals surface area contributed by atoms with E-state index >= 15 is 0 Å². The van der Waals surface area contributed by atoms with Crippen molar-refractivity contribution < 1.29 is 9.53 Å². The Morgan fingerprint density at radius 2 is 2.05 bits per heavy atom. The Kier molecular flexibility index (Phi) is 4.40. The van der Waals surface area contributed by atoms with Gasteiger partial charge in [0.25, 0.3) is 5.91 Å². The summed E-state index contributed by atoms with van der Waals surface area (Å²) in [4.78, 5) is 14.0. The van der Waals surface area contributed by atoms with Crippen molar-refractivity contribution in [2.75, 3.05) is 13.7 Å². The van der Waals surface area contributed by atoms with Gasteiger partial charge in [0.1, 0.15) is 5.75 Å². The summed E-state index contributed by atoms with van der Waals surface area (Å²) in [5.41, 5.74) is 1.66. The lowest BCUT2D eigenvalue weighted by Crippen LogP contribution is -2.25. The number of amides is 1. The lowest BCUT2D eigenvalue weighted by atomic mass is 10.2. The van der Waals surface area contributed by atoms with Crippen molar-refractivity contribution in [3.63, 3.8) is 0 Å². The second-order valence-electron chi connectivity index (χ2n) is 4.64. The van der Waals surface area contributed by atoms with E-state index < -0.39 is 0 Å². The average Bonchev–Trinajstić information content (AvgIpc) is 2.84. The van der Waals surface area contributed by atoms with Crippen LogP contribution >= 0.6 is 0 Å². The molecular weight excluding hydrogens is 254 g/mol. The number of carbonyl (C=O) groups excluding carboxylic acids is 1. The highest BCUT2D eigenvalue weighted by Crippen LogP contribution is 2.14. The molecule has 0 spiro atoms. The third-order valence-electron chi connectivity index (χ3n) is 2.94. The molecule has 1 aromatic heterocycles. The molecule has 1 amide bonds. The van der Waals surface area contributed by atoms with E-state index in [2.05, 4.69) is 5.10 Å². The van der Waals surface area contributed by atoms with Gasteiger partial charge in [0.05, 0.1) is 12.8 Å². The SMILES string of the molecule is CCOc1ccc(C(=O)N(C)Cc2cnn(C)c2)cc1. The van der Waals surface area contributed by atoms with E-state index in [1.165, 1.54) is 0 Å². The highest BCUT2D eigenvalue weighted by Gasteiger charge is 2.12. The van der Waals surface area contributed by atoms with Gasteiger partial charge in [-0.3, -0.25) is 9.48 Å². The van der Waals surface area contributed by atoms with Gasteiger partial charge in [-0.15, -0.1) is 0 Å². The van der Waals surface area contributed by atoms with Crippen LogP contribution < -0.4 is 4.74 Å². The number of ether oxygens (including phenoxy) is 1. The van der Waals surface area contributed by atoms with Crippen LogP contribution in [-0.4, -0.2) is 34.2 Å². The Labute approximate surface area is 118 Å². The van der Waals surface area contributed by atoms with E-state index in [0.717, 1.165) is 11.3 Å². The van der Waals surface area contributed by atoms with Crippen LogP contribution in [0.15, 0.2) is 36.7 Å². The molecule has 0 saturated carbocycles. The summed E-state index contributed by atoms with van der Waals surface area (Å²) < 4.78 is 7.09. The van der Waals surface area contributed by atoms with E-state index in [0.29, 0.717) is 18.7 Å². The molecule has 0 fully saturated rings. The number of aromatic nitrogens is 2. The number of benzene rings is 1. The molecule has 5 heteroatoms. The van der Waals surface area contributed by atoms with E-state index in [1.54, 1.807) is 35.0 Å². The summed E-state index contributed by atoms with van der Waals surface area (Å²) in [5, 5.41) is 4.10. The first-order valence-corrected chi connectivity index (χ1v) is 6.56. The highest BCUT2D eigenvalue weighted by molar-refractivity contribution is 5.94. The summed E-state index contributed by atoms with van der Waals surface area (Å²) in [6, 6.07) is 7.20. The zero-order valence-electron chi connectivity index (χ0n) is 12.0. The van der Waals surface area contributed by atoms with Crippen molar-refractivity contribution in [2.45, 2.75) is 13.5 Å². The van der Waals surface area contributed by atoms with Gasteiger partial charge in [-0.1, -0.05) is 0 Å². The molecule has 0 unspecified atom stereocenters. The fraction of sp³-hybridized carbons (Fsp3) is 0.333. The van der Waals surface area contributed by atoms with Crippen LogP contribution in [0, 0.1) is 0 Å². The van der Waals surface area contributed by atoms with Crippen molar-refractivity contribution >= 4 is 5.91 Å². The van der Waals surface area contributed by atoms with Gasteiger partial charge in [0.2, 0.25) is 0 Å². The molecule has 20 heavy (non-hydrogen) atoms. The molecule has 5 nitrogen and oxygen atoms in total. The minimum absolute atomic E-state index is 0.0168. The molecule has 1 aromatic carbocycles. The van der Waals surface area contributed by atoms with Crippen molar-refractivity contribution in [3.05, 3.63) is 47.8 Å². The maximum Gasteiger partial charge on any atom is 0.253 e. The molecule has 0 aliphatic heterocycles. The number of hydrogen-bond acceptors (Lipinski definition) is 3. The maximum absolute atomic E-state index is 12.3. The highest BCUT2D eigenvalue weighted by atomic mass is 16.5. The minimum atomic E-state index is -0.0168. The maximum atomic E-state index is 12.3. The van der Waals surface area contributed by atoms with E-state index in [9.17, 15) is 4.79 Å². The van der Waals surface area contributed by atoms with Gasteiger partial charge in [-0.05, 0) is 31.2 Å². The van der Waals surface area contributed by atoms with Crippen LogP contribution in [0.3, 0.4) is 0 Å². The molecule has 0 bridgehead atoms. The van der Waals surface area contributed by atoms with Gasteiger partial charge in [0.15, 0.2) is 0 Å². The van der Waals surface area contributed by atoms with Crippen LogP contribution in [0.4, 0.5) is 0 Å². The van der Waals surface area contributed by atoms with Crippen LogP contribution in [0.25, 0.3) is 0 Å². The molecule has 0 saturated heterocycles. The Bertz CT molecular complexity index is 575. The minimum Gasteiger partial charge on any atom is -0.494 e. The molecule has 0 aliphatic rings. The molecule has 0 aliphatic carbocycles. The number of hydrogen-bond donors (Lipinski definition) is 0. The number of nitrogens with zero attached hydrogens (tertiary/aromatic N) is 3. The van der Waals surface area contributed by atoms with Gasteiger partial charge in [0, 0.05) is 38.0 Å². The number of rotatable bonds is 5. The largest absolute Gasteiger partial charge is 0.494 e. The topological polar surface area (TPSA) is 47.4 Å². The van der Waals surface area contributed by atoms with E-state index in [1.807, 2.05) is 32.3 Å². The van der Waals surface area contributed by atoms with Crippen molar-refractivity contribution in [3.8, 4) is 5.75 Å². The summed E-state index contributed by atoms with van der Waals surface area (Å²) in [5.74, 6) is 0.760. The smallest absolute Gasteiger partial charge is 0.253 e. The van der Waals surface area contributed by atoms with Crippen LogP contribution in [0.2, 0.25) is 0 Å². The first-order chi connectivity index (χ1) is 9.60. The van der Waals surface area contributed by atoms with E-state index in [-0.39, 0.29) is 5.91 Å². The summed E-state index contributed by atoms with van der Waals surface area (Å²) in [6.07, 6.45) is 3.67. The third kappa shape index (κ3) is 3.38. The average molecular weight is 273 g/mol. The Morgan fingerprint density at radius 1 is 1.35 bits per heavy atom. The molecule has 0 N–H and O–H groups in total. The normalized spacial score (nSPS) is 10.3. The molecule has 2 aromatic rings. The summed E-state index contributed by atoms with van der Waals surface area (Å²) >= 11 is 0. The van der Waals surface area contributed by atoms with Gasteiger partial charge < -0.3 is 9.64 Å². The monoisotopic (exact) mass is 273 g/mol. The van der Waals surface area contributed by atoms with Gasteiger partial charge >= 0.3 is 0 Å². The first kappa shape index (κ1) is 14.1. The fourth-order valence-electron chi connectivity index (χ4n) is 1.98. The lowest BCUT2D eigenvalue weighted by Gasteiger charge is -2.16. The predicted molar refractivity (Wildman–Crippen MR) is 76.6 cm³/mol. The Balaban J connectivity index is 2.02. The summed E-state index contributed by atoms with van der Waals surface area (Å²) in [7, 11) is 3.64. The zero-order chi connectivity index (χ0) is 14.5. The second kappa shape index (κ2) is 6.23. The standard InChI is InChI=1S/C15H19N3O2/c1-4-20-14-7-5-13(6-8-14)15(19)17(2)10-12-9-16-18(3)11-12/h5-9,11H,4,10H2,1-3H3. The first-order valence-electron chi connectivity index (χ1n) is 6.56.